The predicted molar refractivity (Wildman–Crippen MR) is 68.8 cm³/mol. The van der Waals surface area contributed by atoms with Gasteiger partial charge in [-0.25, -0.2) is 4.79 Å². The van der Waals surface area contributed by atoms with Gasteiger partial charge in [-0.05, 0) is 23.6 Å². The number of fused-ring (bicyclic) bond motifs is 1. The Morgan fingerprint density at radius 3 is 2.72 bits per heavy atom. The number of ether oxygens (including phenoxy) is 1. The van der Waals surface area contributed by atoms with Crippen LogP contribution in [-0.2, 0) is 0 Å². The standard InChI is InChI=1S/C13H8N2O2S/c16-13(9-3-6-18-8-9)17-10-1-2-11-12(7-10)15-5-4-14-11/h1-8H. The molecule has 0 bridgehead atoms. The largest absolute Gasteiger partial charge is 0.423 e. The van der Waals surface area contributed by atoms with Gasteiger partial charge in [0.2, 0.25) is 0 Å². The molecule has 3 aromatic rings. The molecule has 5 heteroatoms. The summed E-state index contributed by atoms with van der Waals surface area (Å²) in [6.45, 7) is 0. The molecular formula is C13H8N2O2S. The summed E-state index contributed by atoms with van der Waals surface area (Å²) in [7, 11) is 0. The molecule has 0 N–H and O–H groups in total. The van der Waals surface area contributed by atoms with Crippen molar-refractivity contribution in [2.45, 2.75) is 0 Å². The number of hydrogen-bond acceptors (Lipinski definition) is 5. The van der Waals surface area contributed by atoms with Crippen LogP contribution in [0.3, 0.4) is 0 Å². The molecule has 1 aromatic carbocycles. The van der Waals surface area contributed by atoms with Crippen molar-refractivity contribution in [1.29, 1.82) is 0 Å². The zero-order valence-corrected chi connectivity index (χ0v) is 10.1. The van der Waals surface area contributed by atoms with Crippen molar-refractivity contribution in [3.63, 3.8) is 0 Å². The molecule has 0 atom stereocenters. The van der Waals surface area contributed by atoms with E-state index < -0.39 is 0 Å². The molecule has 88 valence electrons. The Hall–Kier alpha value is -2.27. The number of benzene rings is 1. The van der Waals surface area contributed by atoms with Crippen molar-refractivity contribution >= 4 is 28.3 Å². The quantitative estimate of drug-likeness (QED) is 0.522. The number of rotatable bonds is 2. The summed E-state index contributed by atoms with van der Waals surface area (Å²) >= 11 is 1.46. The molecule has 2 heterocycles. The van der Waals surface area contributed by atoms with Crippen LogP contribution in [0.2, 0.25) is 0 Å². The number of nitrogens with zero attached hydrogens (tertiary/aromatic N) is 2. The van der Waals surface area contributed by atoms with Crippen LogP contribution in [0.4, 0.5) is 0 Å². The lowest BCUT2D eigenvalue weighted by atomic mass is 10.3. The van der Waals surface area contributed by atoms with E-state index in [4.69, 9.17) is 4.74 Å². The second-order valence-electron chi connectivity index (χ2n) is 3.61. The number of hydrogen-bond donors (Lipinski definition) is 0. The van der Waals surface area contributed by atoms with Crippen LogP contribution in [0.25, 0.3) is 11.0 Å². The van der Waals surface area contributed by atoms with Crippen LogP contribution in [0.5, 0.6) is 5.75 Å². The first-order valence-electron chi connectivity index (χ1n) is 5.28. The first kappa shape index (κ1) is 10.9. The second kappa shape index (κ2) is 4.54. The average Bonchev–Trinajstić information content (AvgIpc) is 2.92. The van der Waals surface area contributed by atoms with E-state index in [9.17, 15) is 4.79 Å². The maximum Gasteiger partial charge on any atom is 0.344 e. The molecule has 0 saturated carbocycles. The van der Waals surface area contributed by atoms with Gasteiger partial charge in [0.1, 0.15) is 5.75 Å². The SMILES string of the molecule is O=C(Oc1ccc2nccnc2c1)c1ccsc1. The summed E-state index contributed by atoms with van der Waals surface area (Å²) in [5, 5.41) is 3.59. The Labute approximate surface area is 107 Å². The van der Waals surface area contributed by atoms with Crippen LogP contribution in [-0.4, -0.2) is 15.9 Å². The first-order valence-corrected chi connectivity index (χ1v) is 6.22. The van der Waals surface area contributed by atoms with Crippen molar-refractivity contribution in [2.75, 3.05) is 0 Å². The van der Waals surface area contributed by atoms with Crippen molar-refractivity contribution in [3.05, 3.63) is 53.0 Å². The minimum Gasteiger partial charge on any atom is -0.423 e. The Morgan fingerprint density at radius 1 is 1.11 bits per heavy atom. The van der Waals surface area contributed by atoms with E-state index in [2.05, 4.69) is 9.97 Å². The van der Waals surface area contributed by atoms with Gasteiger partial charge in [0.25, 0.3) is 0 Å². The molecule has 0 fully saturated rings. The average molecular weight is 256 g/mol. The van der Waals surface area contributed by atoms with E-state index in [1.165, 1.54) is 11.3 Å². The highest BCUT2D eigenvalue weighted by Gasteiger charge is 2.09. The first-order chi connectivity index (χ1) is 8.83. The fourth-order valence-corrected chi connectivity index (χ4v) is 2.18. The minimum absolute atomic E-state index is 0.362. The molecule has 0 radical (unpaired) electrons. The van der Waals surface area contributed by atoms with Gasteiger partial charge in [0, 0.05) is 23.8 Å². The summed E-state index contributed by atoms with van der Waals surface area (Å²) in [5.74, 6) is 0.110. The normalized spacial score (nSPS) is 10.4. The van der Waals surface area contributed by atoms with Crippen molar-refractivity contribution in [2.24, 2.45) is 0 Å². The van der Waals surface area contributed by atoms with Crippen molar-refractivity contribution < 1.29 is 9.53 Å². The molecule has 4 nitrogen and oxygen atoms in total. The topological polar surface area (TPSA) is 52.1 Å². The van der Waals surface area contributed by atoms with Crippen LogP contribution < -0.4 is 4.74 Å². The summed E-state index contributed by atoms with van der Waals surface area (Å²) in [5.41, 5.74) is 2.03. The monoisotopic (exact) mass is 256 g/mol. The molecule has 0 aliphatic rings. The number of carbonyl (C=O) groups excluding carboxylic acids is 1. The fraction of sp³-hybridized carbons (Fsp3) is 0. The van der Waals surface area contributed by atoms with E-state index in [0.29, 0.717) is 16.8 Å². The lowest BCUT2D eigenvalue weighted by Crippen LogP contribution is -2.06. The third-order valence-electron chi connectivity index (χ3n) is 2.41. The summed E-state index contributed by atoms with van der Waals surface area (Å²) in [6, 6.07) is 6.92. The van der Waals surface area contributed by atoms with Gasteiger partial charge in [-0.3, -0.25) is 9.97 Å². The van der Waals surface area contributed by atoms with E-state index >= 15 is 0 Å². The predicted octanol–water partition coefficient (Wildman–Crippen LogP) is 2.91. The Bertz CT molecular complexity index is 695. The Balaban J connectivity index is 1.89. The second-order valence-corrected chi connectivity index (χ2v) is 4.39. The summed E-state index contributed by atoms with van der Waals surface area (Å²) in [6.07, 6.45) is 3.23. The smallest absolute Gasteiger partial charge is 0.344 e. The zero-order chi connectivity index (χ0) is 12.4. The molecule has 2 aromatic heterocycles. The minimum atomic E-state index is -0.362. The highest BCUT2D eigenvalue weighted by Crippen LogP contribution is 2.19. The van der Waals surface area contributed by atoms with Gasteiger partial charge in [-0.1, -0.05) is 0 Å². The highest BCUT2D eigenvalue weighted by atomic mass is 32.1. The fourth-order valence-electron chi connectivity index (χ4n) is 1.55. The van der Waals surface area contributed by atoms with Crippen molar-refractivity contribution in [1.82, 2.24) is 9.97 Å². The van der Waals surface area contributed by atoms with E-state index in [0.717, 1.165) is 5.52 Å². The molecule has 0 unspecified atom stereocenters. The summed E-state index contributed by atoms with van der Waals surface area (Å²) < 4.78 is 5.27. The highest BCUT2D eigenvalue weighted by molar-refractivity contribution is 7.08. The number of carbonyl (C=O) groups is 1. The van der Waals surface area contributed by atoms with Crippen LogP contribution >= 0.6 is 11.3 Å². The van der Waals surface area contributed by atoms with Gasteiger partial charge in [0.15, 0.2) is 0 Å². The van der Waals surface area contributed by atoms with Gasteiger partial charge in [0.05, 0.1) is 16.6 Å². The third-order valence-corrected chi connectivity index (χ3v) is 3.09. The maximum atomic E-state index is 11.8. The number of thiophene rings is 1. The van der Waals surface area contributed by atoms with Crippen LogP contribution in [0, 0.1) is 0 Å². The molecule has 0 aliphatic carbocycles. The van der Waals surface area contributed by atoms with Gasteiger partial charge < -0.3 is 4.74 Å². The molecule has 0 amide bonds. The molecule has 0 aliphatic heterocycles. The number of esters is 1. The third kappa shape index (κ3) is 2.08. The molecular weight excluding hydrogens is 248 g/mol. The van der Waals surface area contributed by atoms with Gasteiger partial charge in [-0.15, -0.1) is 0 Å². The van der Waals surface area contributed by atoms with Gasteiger partial charge in [-0.2, -0.15) is 11.3 Å². The number of aromatic nitrogens is 2. The zero-order valence-electron chi connectivity index (χ0n) is 9.24. The van der Waals surface area contributed by atoms with Crippen molar-refractivity contribution in [3.8, 4) is 5.75 Å². The lowest BCUT2D eigenvalue weighted by molar-refractivity contribution is 0.0735. The lowest BCUT2D eigenvalue weighted by Gasteiger charge is -2.03. The molecule has 3 rings (SSSR count). The summed E-state index contributed by atoms with van der Waals surface area (Å²) in [4.78, 5) is 20.1. The van der Waals surface area contributed by atoms with Crippen LogP contribution in [0.1, 0.15) is 10.4 Å². The maximum absolute atomic E-state index is 11.8. The Morgan fingerprint density at radius 2 is 1.94 bits per heavy atom. The van der Waals surface area contributed by atoms with E-state index in [1.54, 1.807) is 42.0 Å². The molecule has 0 spiro atoms. The van der Waals surface area contributed by atoms with Crippen LogP contribution in [0.15, 0.2) is 47.4 Å². The molecule has 18 heavy (non-hydrogen) atoms. The Kier molecular flexibility index (Phi) is 2.74. The van der Waals surface area contributed by atoms with E-state index in [1.807, 2.05) is 5.38 Å². The van der Waals surface area contributed by atoms with Gasteiger partial charge >= 0.3 is 5.97 Å². The molecule has 0 saturated heterocycles. The van der Waals surface area contributed by atoms with E-state index in [-0.39, 0.29) is 5.97 Å².